The Hall–Kier alpha value is -2.15. The van der Waals surface area contributed by atoms with Crippen molar-refractivity contribution in [1.82, 2.24) is 25.1 Å². The smallest absolute Gasteiger partial charge is 0.225 e. The van der Waals surface area contributed by atoms with Crippen molar-refractivity contribution in [2.24, 2.45) is 4.99 Å². The summed E-state index contributed by atoms with van der Waals surface area (Å²) in [5, 5.41) is 3.49. The van der Waals surface area contributed by atoms with E-state index in [2.05, 4.69) is 48.6 Å². The summed E-state index contributed by atoms with van der Waals surface area (Å²) in [5.41, 5.74) is 0. The Kier molecular flexibility index (Phi) is 9.62. The number of allylic oxidation sites excluding steroid dienone is 1. The molecule has 2 heterocycles. The number of hydrogen-bond acceptors (Lipinski definition) is 5. The first-order chi connectivity index (χ1) is 13.2. The zero-order valence-corrected chi connectivity index (χ0v) is 17.0. The molecule has 150 valence electrons. The van der Waals surface area contributed by atoms with Crippen LogP contribution in [0.15, 0.2) is 36.1 Å². The lowest BCUT2D eigenvalue weighted by Gasteiger charge is -2.34. The number of nitrogens with zero attached hydrogens (tertiary/aromatic N) is 6. The Labute approximate surface area is 164 Å². The first-order valence-electron chi connectivity index (χ1n) is 10.0. The topological polar surface area (TPSA) is 59.9 Å². The van der Waals surface area contributed by atoms with Crippen LogP contribution in [0.2, 0.25) is 0 Å². The van der Waals surface area contributed by atoms with Crippen LogP contribution in [0, 0.1) is 0 Å². The van der Waals surface area contributed by atoms with E-state index in [1.807, 2.05) is 19.2 Å². The fourth-order valence-corrected chi connectivity index (χ4v) is 3.26. The van der Waals surface area contributed by atoms with Crippen molar-refractivity contribution in [2.75, 3.05) is 64.8 Å². The molecule has 27 heavy (non-hydrogen) atoms. The van der Waals surface area contributed by atoms with Gasteiger partial charge in [0.05, 0.1) is 0 Å². The molecular weight excluding hydrogens is 338 g/mol. The van der Waals surface area contributed by atoms with E-state index in [9.17, 15) is 0 Å². The van der Waals surface area contributed by atoms with Crippen LogP contribution in [-0.2, 0) is 0 Å². The molecule has 1 aliphatic rings. The van der Waals surface area contributed by atoms with Gasteiger partial charge in [0.15, 0.2) is 5.96 Å². The minimum Gasteiger partial charge on any atom is -0.355 e. The lowest BCUT2D eigenvalue weighted by atomic mass is 10.2. The summed E-state index contributed by atoms with van der Waals surface area (Å²) in [5.74, 6) is 1.82. The van der Waals surface area contributed by atoms with Gasteiger partial charge in [-0.2, -0.15) is 0 Å². The zero-order valence-electron chi connectivity index (χ0n) is 17.0. The average molecular weight is 374 g/mol. The van der Waals surface area contributed by atoms with Crippen LogP contribution in [0.3, 0.4) is 0 Å². The summed E-state index contributed by atoms with van der Waals surface area (Å²) in [6.45, 7) is 10.8. The average Bonchev–Trinajstić information content (AvgIpc) is 2.72. The van der Waals surface area contributed by atoms with Crippen molar-refractivity contribution < 1.29 is 0 Å². The molecule has 1 aliphatic heterocycles. The third-order valence-corrected chi connectivity index (χ3v) is 4.89. The van der Waals surface area contributed by atoms with Crippen LogP contribution >= 0.6 is 0 Å². The number of aromatic nitrogens is 2. The van der Waals surface area contributed by atoms with Gasteiger partial charge >= 0.3 is 0 Å². The van der Waals surface area contributed by atoms with Crippen molar-refractivity contribution in [3.05, 3.63) is 31.1 Å². The highest BCUT2D eigenvalue weighted by atomic mass is 15.3. The fourth-order valence-electron chi connectivity index (χ4n) is 3.26. The molecule has 1 fully saturated rings. The molecule has 0 saturated carbocycles. The van der Waals surface area contributed by atoms with Crippen molar-refractivity contribution in [3.8, 4) is 0 Å². The standard InChI is InChI=1S/C20H35N7/c1-4-5-6-7-8-13-25(3)19(21-2)24-12-14-26-15-17-27(18-16-26)20-22-10-9-11-23-20/h4,9-11H,1,5-8,12-18H2,2-3H3,(H,21,24). The summed E-state index contributed by atoms with van der Waals surface area (Å²) in [4.78, 5) is 20.0. The maximum Gasteiger partial charge on any atom is 0.225 e. The molecule has 0 radical (unpaired) electrons. The molecular formula is C20H35N7. The lowest BCUT2D eigenvalue weighted by Crippen LogP contribution is -2.50. The number of hydrogen-bond donors (Lipinski definition) is 1. The minimum atomic E-state index is 0.838. The SMILES string of the molecule is C=CCCCCCN(C)C(=NC)NCCN1CCN(c2ncccn2)CC1. The molecule has 7 nitrogen and oxygen atoms in total. The normalized spacial score (nSPS) is 15.6. The Balaban J connectivity index is 1.61. The largest absolute Gasteiger partial charge is 0.355 e. The second kappa shape index (κ2) is 12.3. The van der Waals surface area contributed by atoms with E-state index in [0.717, 1.165) is 64.1 Å². The van der Waals surface area contributed by atoms with Gasteiger partial charge in [-0.05, 0) is 25.3 Å². The van der Waals surface area contributed by atoms with Crippen molar-refractivity contribution in [2.45, 2.75) is 25.7 Å². The molecule has 0 aliphatic carbocycles. The zero-order chi connectivity index (χ0) is 19.3. The van der Waals surface area contributed by atoms with E-state index in [4.69, 9.17) is 0 Å². The van der Waals surface area contributed by atoms with Gasteiger partial charge < -0.3 is 15.1 Å². The summed E-state index contributed by atoms with van der Waals surface area (Å²) in [6, 6.07) is 1.86. The molecule has 0 unspecified atom stereocenters. The summed E-state index contributed by atoms with van der Waals surface area (Å²) in [7, 11) is 3.97. The number of guanidine groups is 1. The highest BCUT2D eigenvalue weighted by Gasteiger charge is 2.18. The van der Waals surface area contributed by atoms with Gasteiger partial charge in [0.25, 0.3) is 0 Å². The summed E-state index contributed by atoms with van der Waals surface area (Å²) in [6.07, 6.45) is 10.4. The molecule has 1 aromatic heterocycles. The fraction of sp³-hybridized carbons (Fsp3) is 0.650. The van der Waals surface area contributed by atoms with Crippen LogP contribution in [0.25, 0.3) is 0 Å². The van der Waals surface area contributed by atoms with Crippen LogP contribution < -0.4 is 10.2 Å². The first kappa shape index (κ1) is 21.2. The Morgan fingerprint density at radius 1 is 1.22 bits per heavy atom. The molecule has 0 spiro atoms. The van der Waals surface area contributed by atoms with Gasteiger partial charge in [-0.1, -0.05) is 12.5 Å². The summed E-state index contributed by atoms with van der Waals surface area (Å²) < 4.78 is 0. The molecule has 1 saturated heterocycles. The number of unbranched alkanes of at least 4 members (excludes halogenated alkanes) is 3. The van der Waals surface area contributed by atoms with E-state index in [1.54, 1.807) is 12.4 Å². The quantitative estimate of drug-likeness (QED) is 0.292. The Morgan fingerprint density at radius 3 is 2.63 bits per heavy atom. The van der Waals surface area contributed by atoms with Crippen LogP contribution in [-0.4, -0.2) is 85.6 Å². The maximum absolute atomic E-state index is 4.41. The molecule has 0 bridgehead atoms. The highest BCUT2D eigenvalue weighted by Crippen LogP contribution is 2.09. The third kappa shape index (κ3) is 7.54. The van der Waals surface area contributed by atoms with Gasteiger partial charge in [0, 0.05) is 72.3 Å². The van der Waals surface area contributed by atoms with Crippen molar-refractivity contribution >= 4 is 11.9 Å². The number of rotatable bonds is 10. The third-order valence-electron chi connectivity index (χ3n) is 4.89. The molecule has 1 N–H and O–H groups in total. The highest BCUT2D eigenvalue weighted by molar-refractivity contribution is 5.79. The van der Waals surface area contributed by atoms with Gasteiger partial charge in [0.2, 0.25) is 5.95 Å². The molecule has 2 rings (SSSR count). The van der Waals surface area contributed by atoms with E-state index in [-0.39, 0.29) is 0 Å². The molecule has 0 atom stereocenters. The van der Waals surface area contributed by atoms with E-state index >= 15 is 0 Å². The molecule has 0 amide bonds. The lowest BCUT2D eigenvalue weighted by molar-refractivity contribution is 0.259. The number of aliphatic imine (C=N–C) groups is 1. The van der Waals surface area contributed by atoms with Gasteiger partial charge in [0.1, 0.15) is 0 Å². The number of anilines is 1. The Morgan fingerprint density at radius 2 is 1.96 bits per heavy atom. The van der Waals surface area contributed by atoms with E-state index in [1.165, 1.54) is 19.3 Å². The van der Waals surface area contributed by atoms with Crippen molar-refractivity contribution in [3.63, 3.8) is 0 Å². The van der Waals surface area contributed by atoms with Gasteiger partial charge in [-0.3, -0.25) is 9.89 Å². The van der Waals surface area contributed by atoms with Crippen molar-refractivity contribution in [1.29, 1.82) is 0 Å². The van der Waals surface area contributed by atoms with Gasteiger partial charge in [-0.25, -0.2) is 9.97 Å². The predicted molar refractivity (Wildman–Crippen MR) is 113 cm³/mol. The Bertz CT molecular complexity index is 553. The molecule has 0 aromatic carbocycles. The maximum atomic E-state index is 4.41. The molecule has 1 aromatic rings. The predicted octanol–water partition coefficient (Wildman–Crippen LogP) is 1.85. The first-order valence-corrected chi connectivity index (χ1v) is 10.0. The van der Waals surface area contributed by atoms with Gasteiger partial charge in [-0.15, -0.1) is 6.58 Å². The molecule has 7 heteroatoms. The summed E-state index contributed by atoms with van der Waals surface area (Å²) >= 11 is 0. The van der Waals surface area contributed by atoms with Crippen LogP contribution in [0.1, 0.15) is 25.7 Å². The van der Waals surface area contributed by atoms with E-state index in [0.29, 0.717) is 0 Å². The monoisotopic (exact) mass is 373 g/mol. The number of piperazine rings is 1. The minimum absolute atomic E-state index is 0.838. The number of nitrogens with one attached hydrogen (secondary N) is 1. The second-order valence-corrected chi connectivity index (χ2v) is 6.91. The second-order valence-electron chi connectivity index (χ2n) is 6.91. The van der Waals surface area contributed by atoms with Crippen LogP contribution in [0.5, 0.6) is 0 Å². The van der Waals surface area contributed by atoms with Crippen LogP contribution in [0.4, 0.5) is 5.95 Å². The van der Waals surface area contributed by atoms with E-state index < -0.39 is 0 Å².